The van der Waals surface area contributed by atoms with Crippen LogP contribution in [0.1, 0.15) is 39.5 Å². The van der Waals surface area contributed by atoms with Crippen LogP contribution in [0.15, 0.2) is 0 Å². The molecule has 0 aromatic rings. The highest BCUT2D eigenvalue weighted by atomic mass is 16.4. The molecular formula is C11H21NO2. The Bertz CT molecular complexity index is 205. The SMILES string of the molecule is CCCN1CCC(CCC)(C(=O)O)C1. The lowest BCUT2D eigenvalue weighted by atomic mass is 9.83. The molecule has 0 saturated carbocycles. The zero-order chi connectivity index (χ0) is 10.6. The minimum Gasteiger partial charge on any atom is -0.481 e. The molecule has 0 bridgehead atoms. The predicted molar refractivity (Wildman–Crippen MR) is 56.3 cm³/mol. The summed E-state index contributed by atoms with van der Waals surface area (Å²) in [6, 6.07) is 0. The number of nitrogens with zero attached hydrogens (tertiary/aromatic N) is 1. The van der Waals surface area contributed by atoms with E-state index in [0.29, 0.717) is 0 Å². The number of carboxylic acid groups (broad SMARTS) is 1. The van der Waals surface area contributed by atoms with E-state index in [4.69, 9.17) is 0 Å². The topological polar surface area (TPSA) is 40.5 Å². The van der Waals surface area contributed by atoms with Gasteiger partial charge in [0, 0.05) is 6.54 Å². The fraction of sp³-hybridized carbons (Fsp3) is 0.909. The van der Waals surface area contributed by atoms with Crippen molar-refractivity contribution < 1.29 is 9.90 Å². The van der Waals surface area contributed by atoms with Crippen molar-refractivity contribution >= 4 is 5.97 Å². The van der Waals surface area contributed by atoms with Crippen LogP contribution >= 0.6 is 0 Å². The van der Waals surface area contributed by atoms with Crippen LogP contribution in [-0.2, 0) is 4.79 Å². The molecular weight excluding hydrogens is 178 g/mol. The van der Waals surface area contributed by atoms with E-state index in [2.05, 4.69) is 18.7 Å². The van der Waals surface area contributed by atoms with Crippen molar-refractivity contribution in [2.45, 2.75) is 39.5 Å². The van der Waals surface area contributed by atoms with Gasteiger partial charge in [-0.2, -0.15) is 0 Å². The van der Waals surface area contributed by atoms with Crippen molar-refractivity contribution in [3.05, 3.63) is 0 Å². The second kappa shape index (κ2) is 4.78. The molecule has 1 rings (SSSR count). The molecule has 3 nitrogen and oxygen atoms in total. The summed E-state index contributed by atoms with van der Waals surface area (Å²) in [4.78, 5) is 13.5. The van der Waals surface area contributed by atoms with Crippen LogP contribution in [0.3, 0.4) is 0 Å². The highest BCUT2D eigenvalue weighted by Crippen LogP contribution is 2.35. The van der Waals surface area contributed by atoms with E-state index >= 15 is 0 Å². The van der Waals surface area contributed by atoms with Crippen LogP contribution in [0, 0.1) is 5.41 Å². The van der Waals surface area contributed by atoms with Crippen LogP contribution in [-0.4, -0.2) is 35.6 Å². The second-order valence-electron chi connectivity index (χ2n) is 4.36. The predicted octanol–water partition coefficient (Wildman–Crippen LogP) is 1.97. The number of likely N-dealkylation sites (tertiary alicyclic amines) is 1. The molecule has 1 fully saturated rings. The Morgan fingerprint density at radius 3 is 2.64 bits per heavy atom. The van der Waals surface area contributed by atoms with Gasteiger partial charge >= 0.3 is 5.97 Å². The third kappa shape index (κ3) is 2.27. The minimum absolute atomic E-state index is 0.441. The summed E-state index contributed by atoms with van der Waals surface area (Å²) in [6.07, 6.45) is 3.73. The van der Waals surface area contributed by atoms with Gasteiger partial charge in [0.1, 0.15) is 0 Å². The highest BCUT2D eigenvalue weighted by Gasteiger charge is 2.43. The van der Waals surface area contributed by atoms with Gasteiger partial charge in [0.25, 0.3) is 0 Å². The van der Waals surface area contributed by atoms with Gasteiger partial charge in [-0.25, -0.2) is 0 Å². The van der Waals surface area contributed by atoms with Crippen LogP contribution in [0.4, 0.5) is 0 Å². The Labute approximate surface area is 86.1 Å². The summed E-state index contributed by atoms with van der Waals surface area (Å²) in [7, 11) is 0. The van der Waals surface area contributed by atoms with Gasteiger partial charge in [0.15, 0.2) is 0 Å². The summed E-state index contributed by atoms with van der Waals surface area (Å²) >= 11 is 0. The van der Waals surface area contributed by atoms with Crippen molar-refractivity contribution in [3.8, 4) is 0 Å². The molecule has 1 N–H and O–H groups in total. The van der Waals surface area contributed by atoms with Crippen molar-refractivity contribution in [1.82, 2.24) is 4.90 Å². The number of hydrogen-bond donors (Lipinski definition) is 1. The lowest BCUT2D eigenvalue weighted by Crippen LogP contribution is -2.34. The molecule has 3 heteroatoms. The Morgan fingerprint density at radius 1 is 1.43 bits per heavy atom. The van der Waals surface area contributed by atoms with Gasteiger partial charge in [0.05, 0.1) is 5.41 Å². The maximum atomic E-state index is 11.2. The third-order valence-electron chi connectivity index (χ3n) is 3.15. The molecule has 0 amide bonds. The fourth-order valence-electron chi connectivity index (χ4n) is 2.43. The molecule has 14 heavy (non-hydrogen) atoms. The lowest BCUT2D eigenvalue weighted by Gasteiger charge is -2.24. The smallest absolute Gasteiger partial charge is 0.310 e. The van der Waals surface area contributed by atoms with Gasteiger partial charge in [0.2, 0.25) is 0 Å². The Kier molecular flexibility index (Phi) is 3.93. The quantitative estimate of drug-likeness (QED) is 0.736. The monoisotopic (exact) mass is 199 g/mol. The van der Waals surface area contributed by atoms with Crippen LogP contribution in [0.25, 0.3) is 0 Å². The maximum Gasteiger partial charge on any atom is 0.310 e. The van der Waals surface area contributed by atoms with E-state index in [-0.39, 0.29) is 0 Å². The van der Waals surface area contributed by atoms with Gasteiger partial charge < -0.3 is 10.0 Å². The summed E-state index contributed by atoms with van der Waals surface area (Å²) in [5.74, 6) is -0.599. The summed E-state index contributed by atoms with van der Waals surface area (Å²) in [6.45, 7) is 6.96. The molecule has 0 aromatic carbocycles. The summed E-state index contributed by atoms with van der Waals surface area (Å²) in [5.41, 5.74) is -0.441. The molecule has 1 atom stereocenters. The van der Waals surface area contributed by atoms with Gasteiger partial charge in [-0.05, 0) is 32.4 Å². The fourth-order valence-corrected chi connectivity index (χ4v) is 2.43. The number of hydrogen-bond acceptors (Lipinski definition) is 2. The molecule has 0 radical (unpaired) electrons. The average Bonchev–Trinajstić information content (AvgIpc) is 2.51. The first-order chi connectivity index (χ1) is 6.64. The molecule has 1 saturated heterocycles. The molecule has 1 unspecified atom stereocenters. The van der Waals surface area contributed by atoms with Crippen molar-refractivity contribution in [1.29, 1.82) is 0 Å². The normalized spacial score (nSPS) is 28.1. The van der Waals surface area contributed by atoms with Crippen molar-refractivity contribution in [2.24, 2.45) is 5.41 Å². The first-order valence-electron chi connectivity index (χ1n) is 5.60. The largest absolute Gasteiger partial charge is 0.481 e. The van der Waals surface area contributed by atoms with Gasteiger partial charge in [-0.3, -0.25) is 4.79 Å². The molecule has 0 aliphatic carbocycles. The first-order valence-corrected chi connectivity index (χ1v) is 5.60. The lowest BCUT2D eigenvalue weighted by molar-refractivity contribution is -0.148. The van der Waals surface area contributed by atoms with E-state index < -0.39 is 11.4 Å². The van der Waals surface area contributed by atoms with Crippen molar-refractivity contribution in [3.63, 3.8) is 0 Å². The number of carbonyl (C=O) groups is 1. The van der Waals surface area contributed by atoms with Gasteiger partial charge in [-0.1, -0.05) is 20.3 Å². The zero-order valence-electron chi connectivity index (χ0n) is 9.25. The van der Waals surface area contributed by atoms with Crippen LogP contribution in [0.2, 0.25) is 0 Å². The molecule has 82 valence electrons. The van der Waals surface area contributed by atoms with E-state index in [1.165, 1.54) is 0 Å². The number of carboxylic acids is 1. The number of rotatable bonds is 5. The summed E-state index contributed by atoms with van der Waals surface area (Å²) < 4.78 is 0. The van der Waals surface area contributed by atoms with E-state index in [0.717, 1.165) is 45.3 Å². The van der Waals surface area contributed by atoms with E-state index in [9.17, 15) is 9.90 Å². The van der Waals surface area contributed by atoms with Crippen LogP contribution in [0.5, 0.6) is 0 Å². The zero-order valence-corrected chi connectivity index (χ0v) is 9.25. The summed E-state index contributed by atoms with van der Waals surface area (Å²) in [5, 5.41) is 9.25. The van der Waals surface area contributed by atoms with Crippen LogP contribution < -0.4 is 0 Å². The molecule has 1 aliphatic rings. The molecule has 1 aliphatic heterocycles. The Morgan fingerprint density at radius 2 is 2.14 bits per heavy atom. The minimum atomic E-state index is -0.599. The highest BCUT2D eigenvalue weighted by molar-refractivity contribution is 5.75. The first kappa shape index (κ1) is 11.5. The van der Waals surface area contributed by atoms with E-state index in [1.54, 1.807) is 0 Å². The Hall–Kier alpha value is -0.570. The maximum absolute atomic E-state index is 11.2. The third-order valence-corrected chi connectivity index (χ3v) is 3.15. The van der Waals surface area contributed by atoms with Crippen molar-refractivity contribution in [2.75, 3.05) is 19.6 Å². The van der Waals surface area contributed by atoms with Gasteiger partial charge in [-0.15, -0.1) is 0 Å². The number of aliphatic carboxylic acids is 1. The molecule has 1 heterocycles. The Balaban J connectivity index is 2.59. The molecule has 0 aromatic heterocycles. The standard InChI is InChI=1S/C11H21NO2/c1-3-5-11(10(13)14)6-8-12(9-11)7-4-2/h3-9H2,1-2H3,(H,13,14). The second-order valence-corrected chi connectivity index (χ2v) is 4.36. The average molecular weight is 199 g/mol. The van der Waals surface area contributed by atoms with E-state index in [1.807, 2.05) is 0 Å². The molecule has 0 spiro atoms.